The average molecular weight is 489 g/mol. The van der Waals surface area contributed by atoms with Crippen molar-refractivity contribution in [2.75, 3.05) is 10.6 Å². The molecule has 34 heavy (non-hydrogen) atoms. The minimum atomic E-state index is -0.0690. The molecule has 4 aromatic rings. The third kappa shape index (κ3) is 6.14. The van der Waals surface area contributed by atoms with E-state index in [-0.39, 0.29) is 12.1 Å². The number of aryl methyl sites for hydroxylation is 4. The monoisotopic (exact) mass is 488 g/mol. The Balaban J connectivity index is 1.83. The van der Waals surface area contributed by atoms with Gasteiger partial charge in [0.2, 0.25) is 0 Å². The Labute approximate surface area is 212 Å². The zero-order chi connectivity index (χ0) is 24.2. The molecule has 0 aliphatic rings. The van der Waals surface area contributed by atoms with Crippen molar-refractivity contribution in [2.24, 2.45) is 0 Å². The number of hydrogen-bond donors (Lipinski definition) is 2. The summed E-state index contributed by atoms with van der Waals surface area (Å²) in [6.45, 7) is 8.50. The number of halogens is 2. The van der Waals surface area contributed by atoms with E-state index in [1.54, 1.807) is 0 Å². The molecule has 2 atom stereocenters. The summed E-state index contributed by atoms with van der Waals surface area (Å²) in [6.07, 6.45) is 0. The van der Waals surface area contributed by atoms with Gasteiger partial charge in [0.25, 0.3) is 0 Å². The van der Waals surface area contributed by atoms with Gasteiger partial charge in [0.1, 0.15) is 0 Å². The van der Waals surface area contributed by atoms with Crippen LogP contribution < -0.4 is 10.6 Å². The highest BCUT2D eigenvalue weighted by molar-refractivity contribution is 6.30. The van der Waals surface area contributed by atoms with Crippen molar-refractivity contribution in [3.05, 3.63) is 128 Å². The molecule has 4 heteroatoms. The lowest BCUT2D eigenvalue weighted by atomic mass is 9.92. The summed E-state index contributed by atoms with van der Waals surface area (Å²) in [4.78, 5) is 0. The maximum absolute atomic E-state index is 6.25. The summed E-state index contributed by atoms with van der Waals surface area (Å²) < 4.78 is 0. The Hall–Kier alpha value is -2.94. The molecule has 2 nitrogen and oxygen atoms in total. The first-order valence-electron chi connectivity index (χ1n) is 11.5. The zero-order valence-electron chi connectivity index (χ0n) is 20.0. The Kier molecular flexibility index (Phi) is 7.50. The van der Waals surface area contributed by atoms with Crippen LogP contribution in [0.5, 0.6) is 0 Å². The van der Waals surface area contributed by atoms with Crippen molar-refractivity contribution < 1.29 is 0 Å². The summed E-state index contributed by atoms with van der Waals surface area (Å²) in [5.74, 6) is 0. The molecule has 0 aliphatic carbocycles. The number of nitrogens with one attached hydrogen (secondary N) is 2. The van der Waals surface area contributed by atoms with Crippen molar-refractivity contribution in [1.82, 2.24) is 0 Å². The molecule has 0 saturated carbocycles. The molecule has 4 aromatic carbocycles. The molecule has 0 radical (unpaired) electrons. The van der Waals surface area contributed by atoms with E-state index in [2.05, 4.69) is 99.0 Å². The lowest BCUT2D eigenvalue weighted by Gasteiger charge is -2.32. The molecule has 0 fully saturated rings. The van der Waals surface area contributed by atoms with E-state index < -0.39 is 0 Å². The molecule has 2 N–H and O–H groups in total. The van der Waals surface area contributed by atoms with Gasteiger partial charge in [-0.1, -0.05) is 59.6 Å². The van der Waals surface area contributed by atoms with Gasteiger partial charge in [0, 0.05) is 21.4 Å². The van der Waals surface area contributed by atoms with Gasteiger partial charge in [-0.15, -0.1) is 0 Å². The Bertz CT molecular complexity index is 1120. The topological polar surface area (TPSA) is 24.1 Å². The normalized spacial score (nSPS) is 12.8. The van der Waals surface area contributed by atoms with Crippen LogP contribution in [0.4, 0.5) is 11.4 Å². The highest BCUT2D eigenvalue weighted by Crippen LogP contribution is 2.37. The van der Waals surface area contributed by atoms with Crippen molar-refractivity contribution in [2.45, 2.75) is 39.8 Å². The SMILES string of the molecule is Cc1cc(C)cc(NC(c2ccc(Cl)cc2)C(Nc2cc(C)cc(C)c2)c2ccc(Cl)cc2)c1. The minimum Gasteiger partial charge on any atom is -0.376 e. The van der Waals surface area contributed by atoms with E-state index in [4.69, 9.17) is 23.2 Å². The molecule has 0 saturated heterocycles. The number of rotatable bonds is 7. The van der Waals surface area contributed by atoms with Crippen molar-refractivity contribution in [3.8, 4) is 0 Å². The lowest BCUT2D eigenvalue weighted by molar-refractivity contribution is 0.650. The third-order valence-corrected chi connectivity index (χ3v) is 6.38. The van der Waals surface area contributed by atoms with Crippen LogP contribution in [-0.2, 0) is 0 Å². The fraction of sp³-hybridized carbons (Fsp3) is 0.200. The maximum atomic E-state index is 6.25. The lowest BCUT2D eigenvalue weighted by Crippen LogP contribution is -2.26. The summed E-state index contributed by atoms with van der Waals surface area (Å²) in [6, 6.07) is 29.1. The van der Waals surface area contributed by atoms with Gasteiger partial charge in [-0.05, 0) is 110 Å². The van der Waals surface area contributed by atoms with Crippen LogP contribution in [0.3, 0.4) is 0 Å². The third-order valence-electron chi connectivity index (χ3n) is 5.88. The highest BCUT2D eigenvalue weighted by atomic mass is 35.5. The summed E-state index contributed by atoms with van der Waals surface area (Å²) in [7, 11) is 0. The standard InChI is InChI=1S/C30H30Cl2N2/c1-19-13-20(2)16-27(15-19)33-29(23-5-9-25(31)10-6-23)30(24-7-11-26(32)12-8-24)34-28-17-21(3)14-22(4)18-28/h5-18,29-30,33-34H,1-4H3. The molecule has 0 aliphatic heterocycles. The number of benzene rings is 4. The second-order valence-electron chi connectivity index (χ2n) is 9.10. The molecular formula is C30H30Cl2N2. The van der Waals surface area contributed by atoms with Crippen molar-refractivity contribution >= 4 is 34.6 Å². The molecule has 0 spiro atoms. The molecule has 0 amide bonds. The van der Waals surface area contributed by atoms with Crippen LogP contribution in [0.25, 0.3) is 0 Å². The predicted octanol–water partition coefficient (Wildman–Crippen LogP) is 9.23. The zero-order valence-corrected chi connectivity index (χ0v) is 21.5. The first-order valence-corrected chi connectivity index (χ1v) is 12.2. The molecular weight excluding hydrogens is 459 g/mol. The molecule has 0 bridgehead atoms. The van der Waals surface area contributed by atoms with Crippen LogP contribution in [0.2, 0.25) is 10.0 Å². The number of anilines is 2. The van der Waals surface area contributed by atoms with E-state index >= 15 is 0 Å². The first-order chi connectivity index (χ1) is 16.3. The van der Waals surface area contributed by atoms with Crippen LogP contribution in [0.15, 0.2) is 84.9 Å². The highest BCUT2D eigenvalue weighted by Gasteiger charge is 2.26. The van der Waals surface area contributed by atoms with E-state index in [0.717, 1.165) is 32.5 Å². The minimum absolute atomic E-state index is 0.0690. The molecule has 4 rings (SSSR count). The van der Waals surface area contributed by atoms with Gasteiger partial charge in [0.15, 0.2) is 0 Å². The van der Waals surface area contributed by atoms with Gasteiger partial charge in [-0.3, -0.25) is 0 Å². The van der Waals surface area contributed by atoms with Gasteiger partial charge < -0.3 is 10.6 Å². The summed E-state index contributed by atoms with van der Waals surface area (Å²) >= 11 is 12.5. The van der Waals surface area contributed by atoms with E-state index in [1.165, 1.54) is 22.3 Å². The summed E-state index contributed by atoms with van der Waals surface area (Å²) in [5.41, 5.74) is 9.34. The smallest absolute Gasteiger partial charge is 0.0757 e. The summed E-state index contributed by atoms with van der Waals surface area (Å²) in [5, 5.41) is 9.08. The quantitative estimate of drug-likeness (QED) is 0.270. The fourth-order valence-corrected chi connectivity index (χ4v) is 4.79. The molecule has 0 heterocycles. The van der Waals surface area contributed by atoms with E-state index in [9.17, 15) is 0 Å². The maximum Gasteiger partial charge on any atom is 0.0757 e. The van der Waals surface area contributed by atoms with Crippen molar-refractivity contribution in [3.63, 3.8) is 0 Å². The Morgan fingerprint density at radius 3 is 1.06 bits per heavy atom. The van der Waals surface area contributed by atoms with E-state index in [1.807, 2.05) is 24.3 Å². The second-order valence-corrected chi connectivity index (χ2v) is 9.97. The van der Waals surface area contributed by atoms with Crippen LogP contribution in [0.1, 0.15) is 45.5 Å². The van der Waals surface area contributed by atoms with Crippen LogP contribution in [-0.4, -0.2) is 0 Å². The van der Waals surface area contributed by atoms with Crippen LogP contribution in [0, 0.1) is 27.7 Å². The second kappa shape index (κ2) is 10.5. The van der Waals surface area contributed by atoms with Gasteiger partial charge >= 0.3 is 0 Å². The van der Waals surface area contributed by atoms with Gasteiger partial charge in [-0.25, -0.2) is 0 Å². The first kappa shape index (κ1) is 24.2. The predicted molar refractivity (Wildman–Crippen MR) is 147 cm³/mol. The Morgan fingerprint density at radius 1 is 0.471 bits per heavy atom. The van der Waals surface area contributed by atoms with Gasteiger partial charge in [0.05, 0.1) is 12.1 Å². The number of hydrogen-bond acceptors (Lipinski definition) is 2. The average Bonchev–Trinajstić information content (AvgIpc) is 2.76. The molecule has 0 aromatic heterocycles. The van der Waals surface area contributed by atoms with E-state index in [0.29, 0.717) is 0 Å². The molecule has 2 unspecified atom stereocenters. The van der Waals surface area contributed by atoms with Crippen LogP contribution >= 0.6 is 23.2 Å². The molecule has 174 valence electrons. The van der Waals surface area contributed by atoms with Crippen molar-refractivity contribution in [1.29, 1.82) is 0 Å². The largest absolute Gasteiger partial charge is 0.376 e. The fourth-order valence-electron chi connectivity index (χ4n) is 4.53. The van der Waals surface area contributed by atoms with Gasteiger partial charge in [-0.2, -0.15) is 0 Å². The Morgan fingerprint density at radius 2 is 0.765 bits per heavy atom.